The summed E-state index contributed by atoms with van der Waals surface area (Å²) in [4.78, 5) is 7.42. The van der Waals surface area contributed by atoms with Crippen molar-refractivity contribution in [2.45, 2.75) is 16.7 Å². The number of hydrogen-bond acceptors (Lipinski definition) is 3. The predicted molar refractivity (Wildman–Crippen MR) is 108 cm³/mol. The third-order valence-corrected chi connectivity index (χ3v) is 5.67. The lowest BCUT2D eigenvalue weighted by molar-refractivity contribution is 0.683. The van der Waals surface area contributed by atoms with Gasteiger partial charge in [-0.1, -0.05) is 29.3 Å². The van der Waals surface area contributed by atoms with Crippen LogP contribution >= 0.6 is 35.0 Å². The molecule has 1 heterocycles. The van der Waals surface area contributed by atoms with Gasteiger partial charge in [-0.2, -0.15) is 0 Å². The molecule has 0 N–H and O–H groups in total. The Balaban J connectivity index is 1.87. The molecule has 1 aromatic heterocycles. The van der Waals surface area contributed by atoms with Crippen molar-refractivity contribution in [3.05, 3.63) is 76.8 Å². The molecule has 3 nitrogen and oxygen atoms in total. The van der Waals surface area contributed by atoms with E-state index in [9.17, 15) is 0 Å². The number of rotatable bonds is 6. The molecule has 0 spiro atoms. The molecule has 0 radical (unpaired) electrons. The maximum absolute atomic E-state index is 6.47. The van der Waals surface area contributed by atoms with Gasteiger partial charge in [-0.05, 0) is 42.0 Å². The van der Waals surface area contributed by atoms with Gasteiger partial charge in [-0.15, -0.1) is 11.8 Å². The lowest BCUT2D eigenvalue weighted by atomic mass is 10.1. The molecule has 0 bridgehead atoms. The standard InChI is InChI=1S/C19H19Cl2N3S/c1-23(2)15-4-6-16(7-5-15)25-19(12-24-10-9-22-13-24)17-8-3-14(20)11-18(17)21/h3-11,13,19H,12H2,1-2H3. The molecule has 130 valence electrons. The van der Waals surface area contributed by atoms with Crippen LogP contribution in [-0.4, -0.2) is 23.6 Å². The van der Waals surface area contributed by atoms with E-state index < -0.39 is 0 Å². The summed E-state index contributed by atoms with van der Waals surface area (Å²) < 4.78 is 2.07. The van der Waals surface area contributed by atoms with Crippen LogP contribution in [0.2, 0.25) is 10.0 Å². The van der Waals surface area contributed by atoms with E-state index in [-0.39, 0.29) is 5.25 Å². The fourth-order valence-electron chi connectivity index (χ4n) is 2.54. The monoisotopic (exact) mass is 391 g/mol. The van der Waals surface area contributed by atoms with Crippen molar-refractivity contribution in [2.75, 3.05) is 19.0 Å². The molecule has 0 saturated heterocycles. The fraction of sp³-hybridized carbons (Fsp3) is 0.211. The number of thioether (sulfide) groups is 1. The quantitative estimate of drug-likeness (QED) is 0.496. The van der Waals surface area contributed by atoms with Crippen LogP contribution in [0.3, 0.4) is 0 Å². The van der Waals surface area contributed by atoms with Crippen molar-refractivity contribution in [1.29, 1.82) is 0 Å². The van der Waals surface area contributed by atoms with E-state index >= 15 is 0 Å². The van der Waals surface area contributed by atoms with Gasteiger partial charge >= 0.3 is 0 Å². The van der Waals surface area contributed by atoms with Crippen LogP contribution in [0.5, 0.6) is 0 Å². The topological polar surface area (TPSA) is 21.1 Å². The van der Waals surface area contributed by atoms with Gasteiger partial charge in [0.15, 0.2) is 0 Å². The normalized spacial score (nSPS) is 12.2. The highest BCUT2D eigenvalue weighted by Crippen LogP contribution is 2.40. The van der Waals surface area contributed by atoms with Crippen LogP contribution < -0.4 is 4.90 Å². The second-order valence-electron chi connectivity index (χ2n) is 5.92. The number of halogens is 2. The zero-order chi connectivity index (χ0) is 17.8. The van der Waals surface area contributed by atoms with Crippen molar-refractivity contribution in [1.82, 2.24) is 9.55 Å². The molecule has 2 aromatic carbocycles. The highest BCUT2D eigenvalue weighted by molar-refractivity contribution is 7.99. The third kappa shape index (κ3) is 4.72. The Morgan fingerprint density at radius 2 is 1.88 bits per heavy atom. The molecule has 3 rings (SSSR count). The Morgan fingerprint density at radius 1 is 1.12 bits per heavy atom. The van der Waals surface area contributed by atoms with E-state index in [4.69, 9.17) is 23.2 Å². The SMILES string of the molecule is CN(C)c1ccc(SC(Cn2ccnc2)c2ccc(Cl)cc2Cl)cc1. The summed E-state index contributed by atoms with van der Waals surface area (Å²) in [6.45, 7) is 0.779. The number of nitrogens with zero attached hydrogens (tertiary/aromatic N) is 3. The highest BCUT2D eigenvalue weighted by Gasteiger charge is 2.17. The molecule has 0 aliphatic heterocycles. The number of imidazole rings is 1. The number of benzene rings is 2. The predicted octanol–water partition coefficient (Wildman–Crippen LogP) is 5.79. The first kappa shape index (κ1) is 18.2. The maximum Gasteiger partial charge on any atom is 0.0946 e. The van der Waals surface area contributed by atoms with Gasteiger partial charge in [0.1, 0.15) is 0 Å². The van der Waals surface area contributed by atoms with Crippen molar-refractivity contribution < 1.29 is 0 Å². The average Bonchev–Trinajstić information content (AvgIpc) is 3.08. The van der Waals surface area contributed by atoms with E-state index in [2.05, 4.69) is 38.7 Å². The molecule has 6 heteroatoms. The number of anilines is 1. The van der Waals surface area contributed by atoms with Gasteiger partial charge in [0.05, 0.1) is 11.6 Å². The van der Waals surface area contributed by atoms with Gasteiger partial charge < -0.3 is 9.47 Å². The van der Waals surface area contributed by atoms with E-state index in [1.165, 1.54) is 10.6 Å². The average molecular weight is 392 g/mol. The van der Waals surface area contributed by atoms with Crippen molar-refractivity contribution in [3.8, 4) is 0 Å². The minimum absolute atomic E-state index is 0.157. The summed E-state index contributed by atoms with van der Waals surface area (Å²) in [6, 6.07) is 14.2. The second kappa shape index (κ2) is 8.17. The van der Waals surface area contributed by atoms with Crippen LogP contribution in [0.4, 0.5) is 5.69 Å². The minimum Gasteiger partial charge on any atom is -0.378 e. The Labute approximate surface area is 162 Å². The van der Waals surface area contributed by atoms with Crippen LogP contribution in [-0.2, 0) is 6.54 Å². The van der Waals surface area contributed by atoms with Crippen LogP contribution in [0.15, 0.2) is 66.1 Å². The zero-order valence-corrected chi connectivity index (χ0v) is 16.4. The third-order valence-electron chi connectivity index (χ3n) is 3.88. The van der Waals surface area contributed by atoms with Crippen LogP contribution in [0.25, 0.3) is 0 Å². The molecule has 0 fully saturated rings. The number of hydrogen-bond donors (Lipinski definition) is 0. The summed E-state index contributed by atoms with van der Waals surface area (Å²) in [5.41, 5.74) is 2.25. The Kier molecular flexibility index (Phi) is 5.94. The van der Waals surface area contributed by atoms with Crippen LogP contribution in [0.1, 0.15) is 10.8 Å². The maximum atomic E-state index is 6.47. The van der Waals surface area contributed by atoms with E-state index in [0.29, 0.717) is 10.0 Å². The smallest absolute Gasteiger partial charge is 0.0946 e. The summed E-state index contributed by atoms with van der Waals surface area (Å²) in [6.07, 6.45) is 5.58. The van der Waals surface area contributed by atoms with Crippen molar-refractivity contribution >= 4 is 40.7 Å². The molecule has 0 aliphatic rings. The lowest BCUT2D eigenvalue weighted by Gasteiger charge is -2.20. The molecule has 1 atom stereocenters. The molecular weight excluding hydrogens is 373 g/mol. The molecule has 3 aromatic rings. The van der Waals surface area contributed by atoms with E-state index in [1.54, 1.807) is 24.0 Å². The van der Waals surface area contributed by atoms with Crippen molar-refractivity contribution in [3.63, 3.8) is 0 Å². The molecular formula is C19H19Cl2N3S. The first-order chi connectivity index (χ1) is 12.0. The molecule has 0 saturated carbocycles. The largest absolute Gasteiger partial charge is 0.378 e. The highest BCUT2D eigenvalue weighted by atomic mass is 35.5. The minimum atomic E-state index is 0.157. The van der Waals surface area contributed by atoms with Crippen LogP contribution in [0, 0.1) is 0 Å². The van der Waals surface area contributed by atoms with E-state index in [1.807, 2.05) is 38.8 Å². The number of aromatic nitrogens is 2. The first-order valence-corrected chi connectivity index (χ1v) is 9.51. The summed E-state index contributed by atoms with van der Waals surface area (Å²) in [7, 11) is 4.08. The molecule has 0 aliphatic carbocycles. The molecule has 1 unspecified atom stereocenters. The van der Waals surface area contributed by atoms with Gasteiger partial charge in [0, 0.05) is 53.7 Å². The second-order valence-corrected chi connectivity index (χ2v) is 8.04. The summed E-state index contributed by atoms with van der Waals surface area (Å²) in [5.74, 6) is 0. The zero-order valence-electron chi connectivity index (χ0n) is 14.1. The fourth-order valence-corrected chi connectivity index (χ4v) is 4.34. The Hall–Kier alpha value is -1.62. The Morgan fingerprint density at radius 3 is 2.48 bits per heavy atom. The van der Waals surface area contributed by atoms with Gasteiger partial charge in [-0.3, -0.25) is 0 Å². The van der Waals surface area contributed by atoms with Gasteiger partial charge in [0.2, 0.25) is 0 Å². The molecule has 0 amide bonds. The Bertz CT molecular complexity index is 817. The lowest BCUT2D eigenvalue weighted by Crippen LogP contribution is -2.08. The summed E-state index contributed by atoms with van der Waals surface area (Å²) in [5, 5.41) is 1.50. The molecule has 25 heavy (non-hydrogen) atoms. The van der Waals surface area contributed by atoms with E-state index in [0.717, 1.165) is 12.1 Å². The van der Waals surface area contributed by atoms with Crippen molar-refractivity contribution in [2.24, 2.45) is 0 Å². The van der Waals surface area contributed by atoms with Gasteiger partial charge in [-0.25, -0.2) is 4.98 Å². The first-order valence-electron chi connectivity index (χ1n) is 7.87. The van der Waals surface area contributed by atoms with Gasteiger partial charge in [0.25, 0.3) is 0 Å². The summed E-state index contributed by atoms with van der Waals surface area (Å²) >= 11 is 14.3.